The number of carbonyl (C=O) groups excluding carboxylic acids is 1. The summed E-state index contributed by atoms with van der Waals surface area (Å²) in [5, 5.41) is 10.0. The largest absolute Gasteiger partial charge is 0.325 e. The molecule has 0 saturated heterocycles. The van der Waals surface area contributed by atoms with E-state index >= 15 is 0 Å². The Bertz CT molecular complexity index is 272. The Morgan fingerprint density at radius 3 is 2.91 bits per heavy atom. The minimum Gasteiger partial charge on any atom is -0.325 e. The van der Waals surface area contributed by atoms with Crippen LogP contribution < -0.4 is 5.32 Å². The molecule has 1 rings (SSSR count). The van der Waals surface area contributed by atoms with E-state index in [9.17, 15) is 4.79 Å². The van der Waals surface area contributed by atoms with E-state index in [2.05, 4.69) is 15.5 Å². The minimum atomic E-state index is -0.0996. The lowest BCUT2D eigenvalue weighted by Gasteiger charge is -1.99. The number of hydrogen-bond donors (Lipinski definition) is 1. The van der Waals surface area contributed by atoms with Crippen LogP contribution in [0.3, 0.4) is 0 Å². The zero-order valence-electron chi connectivity index (χ0n) is 6.46. The molecule has 0 aliphatic heterocycles. The van der Waals surface area contributed by atoms with Crippen LogP contribution in [-0.4, -0.2) is 16.1 Å². The van der Waals surface area contributed by atoms with Crippen LogP contribution in [0.25, 0.3) is 0 Å². The summed E-state index contributed by atoms with van der Waals surface area (Å²) in [6.45, 7) is 3.27. The second-order valence-corrected chi connectivity index (χ2v) is 2.27. The van der Waals surface area contributed by atoms with Gasteiger partial charge in [-0.3, -0.25) is 4.79 Å². The van der Waals surface area contributed by atoms with Crippen molar-refractivity contribution in [2.24, 2.45) is 0 Å². The quantitative estimate of drug-likeness (QED) is 0.644. The van der Waals surface area contributed by atoms with Crippen LogP contribution in [0, 0.1) is 6.92 Å². The Labute approximate surface area is 64.6 Å². The first-order valence-electron chi connectivity index (χ1n) is 3.25. The Kier molecular flexibility index (Phi) is 2.15. The maximum atomic E-state index is 10.6. The van der Waals surface area contributed by atoms with Gasteiger partial charge in [-0.25, -0.2) is 0 Å². The number of anilines is 1. The van der Waals surface area contributed by atoms with Gasteiger partial charge < -0.3 is 5.32 Å². The maximum Gasteiger partial charge on any atom is 0.221 e. The van der Waals surface area contributed by atoms with Gasteiger partial charge in [0.05, 0.1) is 17.6 Å². The molecule has 1 amide bonds. The van der Waals surface area contributed by atoms with Crippen LogP contribution in [-0.2, 0) is 4.79 Å². The molecule has 0 fully saturated rings. The smallest absolute Gasteiger partial charge is 0.221 e. The average molecular weight is 151 g/mol. The molecule has 1 N–H and O–H groups in total. The zero-order valence-corrected chi connectivity index (χ0v) is 6.46. The van der Waals surface area contributed by atoms with Gasteiger partial charge in [-0.1, -0.05) is 0 Å². The van der Waals surface area contributed by atoms with Crippen LogP contribution in [0.2, 0.25) is 0 Å². The minimum absolute atomic E-state index is 0.0996. The molecule has 1 heterocycles. The Hall–Kier alpha value is -1.45. The van der Waals surface area contributed by atoms with E-state index in [0.29, 0.717) is 5.69 Å². The van der Waals surface area contributed by atoms with E-state index in [0.717, 1.165) is 5.69 Å². The highest BCUT2D eigenvalue weighted by atomic mass is 16.1. The van der Waals surface area contributed by atoms with Crippen molar-refractivity contribution in [1.82, 2.24) is 10.2 Å². The molecule has 0 atom stereocenters. The number of aromatic nitrogens is 2. The highest BCUT2D eigenvalue weighted by molar-refractivity contribution is 5.88. The third kappa shape index (κ3) is 2.33. The summed E-state index contributed by atoms with van der Waals surface area (Å²) < 4.78 is 0. The molecular weight excluding hydrogens is 142 g/mol. The molecule has 0 unspecified atom stereocenters. The van der Waals surface area contributed by atoms with E-state index in [4.69, 9.17) is 0 Å². The lowest BCUT2D eigenvalue weighted by atomic mass is 10.4. The first-order valence-corrected chi connectivity index (χ1v) is 3.25. The topological polar surface area (TPSA) is 54.9 Å². The summed E-state index contributed by atoms with van der Waals surface area (Å²) >= 11 is 0. The van der Waals surface area contributed by atoms with Crippen LogP contribution >= 0.6 is 0 Å². The number of hydrogen-bond acceptors (Lipinski definition) is 3. The first kappa shape index (κ1) is 7.65. The van der Waals surface area contributed by atoms with Crippen molar-refractivity contribution in [2.45, 2.75) is 13.8 Å². The third-order valence-electron chi connectivity index (χ3n) is 1.10. The molecule has 58 valence electrons. The third-order valence-corrected chi connectivity index (χ3v) is 1.10. The van der Waals surface area contributed by atoms with E-state index in [1.165, 1.54) is 13.1 Å². The number of nitrogens with zero attached hydrogens (tertiary/aromatic N) is 2. The summed E-state index contributed by atoms with van der Waals surface area (Å²) in [6.07, 6.45) is 1.51. The number of aryl methyl sites for hydroxylation is 1. The molecule has 11 heavy (non-hydrogen) atoms. The van der Waals surface area contributed by atoms with Gasteiger partial charge in [0.1, 0.15) is 0 Å². The van der Waals surface area contributed by atoms with Crippen molar-refractivity contribution in [1.29, 1.82) is 0 Å². The Morgan fingerprint density at radius 1 is 1.64 bits per heavy atom. The molecule has 0 aromatic carbocycles. The summed E-state index contributed by atoms with van der Waals surface area (Å²) in [5.41, 5.74) is 1.47. The zero-order chi connectivity index (χ0) is 8.27. The SMILES string of the molecule is CC(=O)Nc1cnnc(C)c1. The lowest BCUT2D eigenvalue weighted by molar-refractivity contribution is -0.114. The van der Waals surface area contributed by atoms with Crippen molar-refractivity contribution in [2.75, 3.05) is 5.32 Å². The van der Waals surface area contributed by atoms with Gasteiger partial charge in [-0.15, -0.1) is 0 Å². The number of rotatable bonds is 1. The molecule has 1 aromatic heterocycles. The van der Waals surface area contributed by atoms with Gasteiger partial charge in [0, 0.05) is 6.92 Å². The molecule has 4 nitrogen and oxygen atoms in total. The molecule has 0 aliphatic carbocycles. The van der Waals surface area contributed by atoms with Crippen molar-refractivity contribution in [3.8, 4) is 0 Å². The highest BCUT2D eigenvalue weighted by Crippen LogP contribution is 2.03. The first-order chi connectivity index (χ1) is 5.18. The molecule has 0 radical (unpaired) electrons. The fourth-order valence-electron chi connectivity index (χ4n) is 0.745. The van der Waals surface area contributed by atoms with Crippen molar-refractivity contribution >= 4 is 11.6 Å². The predicted octanol–water partition coefficient (Wildman–Crippen LogP) is 0.743. The van der Waals surface area contributed by atoms with Gasteiger partial charge in [0.25, 0.3) is 0 Å². The summed E-state index contributed by atoms with van der Waals surface area (Å²) in [7, 11) is 0. The summed E-state index contributed by atoms with van der Waals surface area (Å²) in [4.78, 5) is 10.6. The fraction of sp³-hybridized carbons (Fsp3) is 0.286. The predicted molar refractivity (Wildman–Crippen MR) is 41.1 cm³/mol. The van der Waals surface area contributed by atoms with Crippen LogP contribution in [0.1, 0.15) is 12.6 Å². The fourth-order valence-corrected chi connectivity index (χ4v) is 0.745. The van der Waals surface area contributed by atoms with Crippen molar-refractivity contribution < 1.29 is 4.79 Å². The van der Waals surface area contributed by atoms with Gasteiger partial charge in [0.2, 0.25) is 5.91 Å². The molecule has 0 bridgehead atoms. The van der Waals surface area contributed by atoms with Crippen LogP contribution in [0.5, 0.6) is 0 Å². The summed E-state index contributed by atoms with van der Waals surface area (Å²) in [5.74, 6) is -0.0996. The van der Waals surface area contributed by atoms with Crippen LogP contribution in [0.4, 0.5) is 5.69 Å². The van der Waals surface area contributed by atoms with Gasteiger partial charge in [0.15, 0.2) is 0 Å². The normalized spacial score (nSPS) is 9.27. The number of amides is 1. The molecule has 0 aliphatic rings. The summed E-state index contributed by atoms with van der Waals surface area (Å²) in [6, 6.07) is 1.76. The maximum absolute atomic E-state index is 10.6. The van der Waals surface area contributed by atoms with Crippen molar-refractivity contribution in [3.05, 3.63) is 18.0 Å². The highest BCUT2D eigenvalue weighted by Gasteiger charge is 1.95. The second-order valence-electron chi connectivity index (χ2n) is 2.27. The van der Waals surface area contributed by atoms with Gasteiger partial charge >= 0.3 is 0 Å². The number of nitrogens with one attached hydrogen (secondary N) is 1. The molecular formula is C7H9N3O. The van der Waals surface area contributed by atoms with E-state index in [-0.39, 0.29) is 5.91 Å². The second kappa shape index (κ2) is 3.09. The van der Waals surface area contributed by atoms with Crippen molar-refractivity contribution in [3.63, 3.8) is 0 Å². The van der Waals surface area contributed by atoms with Gasteiger partial charge in [-0.2, -0.15) is 10.2 Å². The lowest BCUT2D eigenvalue weighted by Crippen LogP contribution is -2.06. The Balaban J connectivity index is 2.79. The molecule has 0 saturated carbocycles. The van der Waals surface area contributed by atoms with E-state index < -0.39 is 0 Å². The molecule has 1 aromatic rings. The average Bonchev–Trinajstić information content (AvgIpc) is 1.85. The van der Waals surface area contributed by atoms with Gasteiger partial charge in [-0.05, 0) is 13.0 Å². The monoisotopic (exact) mass is 151 g/mol. The van der Waals surface area contributed by atoms with E-state index in [1.54, 1.807) is 6.07 Å². The molecule has 0 spiro atoms. The number of carbonyl (C=O) groups is 1. The van der Waals surface area contributed by atoms with Crippen LogP contribution in [0.15, 0.2) is 12.3 Å². The standard InChI is InChI=1S/C7H9N3O/c1-5-3-7(4-8-10-5)9-6(2)11/h3-4H,1-2H3,(H,9,10,11). The van der Waals surface area contributed by atoms with E-state index in [1.807, 2.05) is 6.92 Å². The Morgan fingerprint density at radius 2 is 2.36 bits per heavy atom. The molecule has 4 heteroatoms.